The molecule has 2 aromatic carbocycles. The second-order valence-electron chi connectivity index (χ2n) is 7.99. The van der Waals surface area contributed by atoms with Gasteiger partial charge in [0.25, 0.3) is 11.5 Å². The van der Waals surface area contributed by atoms with E-state index in [0.29, 0.717) is 34.8 Å². The Labute approximate surface area is 198 Å². The summed E-state index contributed by atoms with van der Waals surface area (Å²) in [6, 6.07) is 15.7. The topological polar surface area (TPSA) is 58.0 Å². The number of hydrogen-bond donors (Lipinski definition) is 2. The number of ether oxygens (including phenoxy) is 1. The second kappa shape index (κ2) is 10.5. The van der Waals surface area contributed by atoms with E-state index in [1.807, 2.05) is 60.0 Å². The van der Waals surface area contributed by atoms with Gasteiger partial charge in [-0.15, -0.1) is 0 Å². The van der Waals surface area contributed by atoms with Crippen LogP contribution in [-0.2, 0) is 11.2 Å². The van der Waals surface area contributed by atoms with Crippen molar-refractivity contribution in [3.05, 3.63) is 70.0 Å². The zero-order chi connectivity index (χ0) is 22.5. The van der Waals surface area contributed by atoms with Gasteiger partial charge in [-0.05, 0) is 56.2 Å². The highest BCUT2D eigenvalue weighted by Gasteiger charge is 2.33. The summed E-state index contributed by atoms with van der Waals surface area (Å²) in [6.07, 6.45) is 5.61. The Hall–Kier alpha value is -2.34. The molecule has 1 aromatic heterocycles. The monoisotopic (exact) mass is 472 g/mol. The van der Waals surface area contributed by atoms with Gasteiger partial charge in [0, 0.05) is 24.0 Å². The third-order valence-corrected chi connectivity index (χ3v) is 6.44. The highest BCUT2D eigenvalue weighted by atomic mass is 35.5. The zero-order valence-electron chi connectivity index (χ0n) is 18.2. The first-order valence-electron chi connectivity index (χ1n) is 11.2. The fourth-order valence-corrected chi connectivity index (χ4v) is 4.68. The Morgan fingerprint density at radius 3 is 2.53 bits per heavy atom. The van der Waals surface area contributed by atoms with E-state index in [0.717, 1.165) is 29.3 Å². The number of para-hydroxylation sites is 1. The molecule has 0 amide bonds. The van der Waals surface area contributed by atoms with Crippen molar-refractivity contribution < 1.29 is 14.1 Å². The summed E-state index contributed by atoms with van der Waals surface area (Å²) in [6.45, 7) is 2.88. The number of benzene rings is 2. The van der Waals surface area contributed by atoms with Crippen molar-refractivity contribution in [2.45, 2.75) is 45.1 Å². The van der Waals surface area contributed by atoms with E-state index >= 15 is 0 Å². The lowest BCUT2D eigenvalue weighted by Crippen LogP contribution is -2.39. The van der Waals surface area contributed by atoms with Crippen LogP contribution in [0.5, 0.6) is 0 Å². The van der Waals surface area contributed by atoms with Crippen LogP contribution in [0, 0.1) is 0 Å². The number of imidazole rings is 1. The smallest absolute Gasteiger partial charge is 0.382 e. The third kappa shape index (κ3) is 5.01. The summed E-state index contributed by atoms with van der Waals surface area (Å²) < 4.78 is 7.42. The van der Waals surface area contributed by atoms with Crippen molar-refractivity contribution in [1.29, 1.82) is 0 Å². The van der Waals surface area contributed by atoms with Gasteiger partial charge in [-0.25, -0.2) is 9.78 Å². The summed E-state index contributed by atoms with van der Waals surface area (Å²) in [5.41, 5.74) is 2.99. The van der Waals surface area contributed by atoms with Crippen molar-refractivity contribution in [2.75, 3.05) is 13.2 Å². The van der Waals surface area contributed by atoms with E-state index in [1.54, 1.807) is 0 Å². The molecule has 5 nitrogen and oxygen atoms in total. The van der Waals surface area contributed by atoms with Gasteiger partial charge in [-0.2, -0.15) is 4.57 Å². The van der Waals surface area contributed by atoms with E-state index in [-0.39, 0.29) is 5.97 Å². The maximum Gasteiger partial charge on any atom is 0.382 e. The van der Waals surface area contributed by atoms with Gasteiger partial charge >= 0.3 is 5.97 Å². The van der Waals surface area contributed by atoms with Crippen LogP contribution in [0.3, 0.4) is 0 Å². The molecule has 1 aliphatic rings. The molecule has 4 rings (SSSR count). The maximum absolute atomic E-state index is 12.9. The fourth-order valence-electron chi connectivity index (χ4n) is 4.33. The van der Waals surface area contributed by atoms with Crippen LogP contribution in [0.1, 0.15) is 48.8 Å². The molecule has 1 heterocycles. The molecular formula is C25H28Cl2N3O2+. The summed E-state index contributed by atoms with van der Waals surface area (Å²) >= 11 is 12.7. The number of carbonyl (C=O) groups excluding carboxylic acids is 1. The molecule has 32 heavy (non-hydrogen) atoms. The lowest BCUT2D eigenvalue weighted by Gasteiger charge is -2.12. The molecule has 0 saturated heterocycles. The summed E-state index contributed by atoms with van der Waals surface area (Å²) in [7, 11) is 0. The number of aromatic amines is 1. The molecule has 0 atom stereocenters. The molecule has 2 N–H and O–H groups in total. The molecule has 1 saturated carbocycles. The number of H-pyrrole nitrogens is 1. The van der Waals surface area contributed by atoms with E-state index in [2.05, 4.69) is 10.3 Å². The van der Waals surface area contributed by atoms with E-state index < -0.39 is 0 Å². The van der Waals surface area contributed by atoms with Gasteiger partial charge < -0.3 is 10.1 Å². The SMILES string of the molecule is CCOC(=O)c1[nH]c(-c2ccc(Cl)cc2)[n+](-c2ccccc2Cl)c1CCNC1CCCC1. The van der Waals surface area contributed by atoms with Crippen LogP contribution in [0.15, 0.2) is 48.5 Å². The fraction of sp³-hybridized carbons (Fsp3) is 0.360. The molecular weight excluding hydrogens is 445 g/mol. The number of nitrogens with zero attached hydrogens (tertiary/aromatic N) is 1. The van der Waals surface area contributed by atoms with Gasteiger partial charge in [-0.1, -0.05) is 48.2 Å². The van der Waals surface area contributed by atoms with Gasteiger partial charge in [0.1, 0.15) is 0 Å². The highest BCUT2D eigenvalue weighted by molar-refractivity contribution is 6.32. The number of nitrogens with one attached hydrogen (secondary N) is 2. The Morgan fingerprint density at radius 2 is 1.84 bits per heavy atom. The number of rotatable bonds is 8. The van der Waals surface area contributed by atoms with Crippen molar-refractivity contribution in [2.24, 2.45) is 0 Å². The predicted octanol–water partition coefficient (Wildman–Crippen LogP) is 5.52. The summed E-state index contributed by atoms with van der Waals surface area (Å²) in [5.74, 6) is 0.387. The number of carbonyl (C=O) groups is 1. The Morgan fingerprint density at radius 1 is 1.12 bits per heavy atom. The first kappa shape index (κ1) is 22.8. The third-order valence-electron chi connectivity index (χ3n) is 5.87. The van der Waals surface area contributed by atoms with Gasteiger partial charge in [0.2, 0.25) is 0 Å². The molecule has 0 radical (unpaired) electrons. The minimum atomic E-state index is -0.371. The molecule has 168 valence electrons. The van der Waals surface area contributed by atoms with E-state index in [4.69, 9.17) is 27.9 Å². The minimum absolute atomic E-state index is 0.306. The highest BCUT2D eigenvalue weighted by Crippen LogP contribution is 2.25. The van der Waals surface area contributed by atoms with Gasteiger partial charge in [0.15, 0.2) is 11.4 Å². The lowest BCUT2D eigenvalue weighted by atomic mass is 10.2. The predicted molar refractivity (Wildman–Crippen MR) is 128 cm³/mol. The summed E-state index contributed by atoms with van der Waals surface area (Å²) in [5, 5.41) is 4.90. The molecule has 7 heteroatoms. The first-order chi connectivity index (χ1) is 15.6. The van der Waals surface area contributed by atoms with Gasteiger partial charge in [-0.3, -0.25) is 0 Å². The van der Waals surface area contributed by atoms with Crippen LogP contribution in [0.25, 0.3) is 17.1 Å². The number of hydrogen-bond acceptors (Lipinski definition) is 3. The standard InChI is InChI=1S/C25H27Cl2N3O2/c1-2-32-25(31)23-22(15-16-28-19-7-3-4-8-19)30(21-10-6-5-9-20(21)27)24(29-23)17-11-13-18(26)14-12-17/h5-6,9-14,19,28H,2-4,7-8,15-16H2,1H3/p+1. The van der Waals surface area contributed by atoms with Crippen molar-refractivity contribution in [1.82, 2.24) is 10.3 Å². The van der Waals surface area contributed by atoms with Gasteiger partial charge in [0.05, 0.1) is 17.2 Å². The average molecular weight is 473 g/mol. The van der Waals surface area contributed by atoms with Crippen LogP contribution in [0.2, 0.25) is 10.0 Å². The Balaban J connectivity index is 1.82. The first-order valence-corrected chi connectivity index (χ1v) is 11.9. The average Bonchev–Trinajstić information content (AvgIpc) is 3.43. The number of esters is 1. The molecule has 0 unspecified atom stereocenters. The zero-order valence-corrected chi connectivity index (χ0v) is 19.7. The van der Waals surface area contributed by atoms with E-state index in [1.165, 1.54) is 25.7 Å². The number of halogens is 2. The molecule has 0 aliphatic heterocycles. The normalized spacial score (nSPS) is 14.1. The Kier molecular flexibility index (Phi) is 7.51. The molecule has 0 spiro atoms. The van der Waals surface area contributed by atoms with Crippen LogP contribution in [-0.4, -0.2) is 30.1 Å². The minimum Gasteiger partial charge on any atom is -0.460 e. The van der Waals surface area contributed by atoms with Crippen LogP contribution >= 0.6 is 23.2 Å². The molecule has 1 fully saturated rings. The molecule has 0 bridgehead atoms. The lowest BCUT2D eigenvalue weighted by molar-refractivity contribution is -0.590. The van der Waals surface area contributed by atoms with Crippen molar-refractivity contribution in [3.63, 3.8) is 0 Å². The quantitative estimate of drug-likeness (QED) is 0.335. The van der Waals surface area contributed by atoms with Crippen molar-refractivity contribution >= 4 is 29.2 Å². The largest absolute Gasteiger partial charge is 0.460 e. The Bertz CT molecular complexity index is 1070. The summed E-state index contributed by atoms with van der Waals surface area (Å²) in [4.78, 5) is 16.2. The van der Waals surface area contributed by atoms with Crippen LogP contribution in [0.4, 0.5) is 0 Å². The number of aromatic nitrogens is 2. The molecule has 1 aliphatic carbocycles. The molecule has 3 aromatic rings. The van der Waals surface area contributed by atoms with Crippen LogP contribution < -0.4 is 9.88 Å². The van der Waals surface area contributed by atoms with Crippen molar-refractivity contribution in [3.8, 4) is 17.1 Å². The second-order valence-corrected chi connectivity index (χ2v) is 8.84. The van der Waals surface area contributed by atoms with E-state index in [9.17, 15) is 4.79 Å². The maximum atomic E-state index is 12.9.